The molecule has 3 aliphatic heterocycles. The molecule has 1 aromatic heterocycles. The van der Waals surface area contributed by atoms with Gasteiger partial charge in [0.2, 0.25) is 5.72 Å². The van der Waals surface area contributed by atoms with E-state index in [9.17, 15) is 14.4 Å². The Morgan fingerprint density at radius 1 is 1.19 bits per heavy atom. The summed E-state index contributed by atoms with van der Waals surface area (Å²) < 4.78 is 13.0. The van der Waals surface area contributed by atoms with Crippen molar-refractivity contribution in [3.05, 3.63) is 79.3 Å². The van der Waals surface area contributed by atoms with Crippen molar-refractivity contribution < 1.29 is 19.1 Å². The maximum Gasteiger partial charge on any atom is 0.317 e. The van der Waals surface area contributed by atoms with Gasteiger partial charge in [-0.2, -0.15) is 0 Å². The summed E-state index contributed by atoms with van der Waals surface area (Å²) in [5.74, 6) is -1.15. The van der Waals surface area contributed by atoms with Crippen LogP contribution in [-0.2, 0) is 14.3 Å². The lowest BCUT2D eigenvalue weighted by Crippen LogP contribution is -2.58. The number of carbonyl (C=O) groups excluding carboxylic acids is 2. The minimum atomic E-state index is -1.25. The molecule has 8 nitrogen and oxygen atoms in total. The summed E-state index contributed by atoms with van der Waals surface area (Å²) in [6.07, 6.45) is 0. The van der Waals surface area contributed by atoms with Gasteiger partial charge in [-0.15, -0.1) is 0 Å². The molecule has 3 atom stereocenters. The molecule has 0 saturated heterocycles. The largest absolute Gasteiger partial charge is 0.469 e. The predicted octanol–water partition coefficient (Wildman–Crippen LogP) is 1.18. The standard InChI is InChI=1S/C23H17N3O5S/c1-23-16(21(29)30-2)17(12-8-4-6-10-14(12)31-23)26-20(28)18(32-22(26)25-23)15-11-7-3-5-9-13(11)24-19(15)27/h3-10,16-17H,1-2H3,(H,24,27)/b18-15+. The Balaban J connectivity index is 1.71. The fraction of sp³-hybridized carbons (Fsp3) is 0.217. The molecule has 4 heterocycles. The third-order valence-electron chi connectivity index (χ3n) is 6.21. The molecule has 3 aliphatic rings. The number of hydrogen-bond donors (Lipinski definition) is 1. The Morgan fingerprint density at radius 2 is 1.94 bits per heavy atom. The van der Waals surface area contributed by atoms with E-state index in [2.05, 4.69) is 5.32 Å². The molecule has 1 N–H and O–H groups in total. The normalized spacial score (nSPS) is 26.1. The maximum atomic E-state index is 13.7. The highest BCUT2D eigenvalue weighted by atomic mass is 32.1. The molecule has 3 aromatic rings. The molecule has 0 spiro atoms. The van der Waals surface area contributed by atoms with Crippen LogP contribution in [0.3, 0.4) is 0 Å². The van der Waals surface area contributed by atoms with E-state index in [0.29, 0.717) is 32.9 Å². The van der Waals surface area contributed by atoms with Gasteiger partial charge in [-0.3, -0.25) is 19.0 Å². The molecule has 32 heavy (non-hydrogen) atoms. The number of fused-ring (bicyclic) bond motifs is 7. The molecule has 1 amide bonds. The van der Waals surface area contributed by atoms with Crippen LogP contribution in [0.15, 0.2) is 58.3 Å². The number of ether oxygens (including phenoxy) is 2. The number of anilines is 1. The first-order valence-corrected chi connectivity index (χ1v) is 10.9. The Bertz CT molecular complexity index is 1520. The molecule has 9 heteroatoms. The second-order valence-electron chi connectivity index (χ2n) is 8.02. The van der Waals surface area contributed by atoms with Crippen molar-refractivity contribution >= 4 is 34.5 Å². The summed E-state index contributed by atoms with van der Waals surface area (Å²) in [5.41, 5.74) is 0.728. The van der Waals surface area contributed by atoms with Gasteiger partial charge in [0.1, 0.15) is 16.2 Å². The fourth-order valence-electron chi connectivity index (χ4n) is 4.82. The van der Waals surface area contributed by atoms with Crippen LogP contribution in [0.25, 0.3) is 5.57 Å². The molecule has 160 valence electrons. The SMILES string of the molecule is COC(=O)C1C2c3ccccc3OC1(C)N=c1s/c(=C3/C(=O)Nc4ccccc43)c(=O)n12. The lowest BCUT2D eigenvalue weighted by atomic mass is 9.81. The van der Waals surface area contributed by atoms with Crippen LogP contribution in [0.2, 0.25) is 0 Å². The quantitative estimate of drug-likeness (QED) is 0.565. The number of carbonyl (C=O) groups is 2. The second kappa shape index (κ2) is 6.39. The van der Waals surface area contributed by atoms with Gasteiger partial charge in [0.15, 0.2) is 4.80 Å². The van der Waals surface area contributed by atoms with Gasteiger partial charge < -0.3 is 14.8 Å². The van der Waals surface area contributed by atoms with Gasteiger partial charge in [-0.1, -0.05) is 47.7 Å². The highest BCUT2D eigenvalue weighted by Gasteiger charge is 2.55. The third-order valence-corrected chi connectivity index (χ3v) is 7.26. The van der Waals surface area contributed by atoms with Crippen molar-refractivity contribution in [3.8, 4) is 5.75 Å². The minimum absolute atomic E-state index is 0.281. The van der Waals surface area contributed by atoms with Crippen LogP contribution >= 0.6 is 11.3 Å². The van der Waals surface area contributed by atoms with Crippen molar-refractivity contribution in [3.63, 3.8) is 0 Å². The molecule has 3 unspecified atom stereocenters. The number of hydrogen-bond acceptors (Lipinski definition) is 7. The molecule has 6 rings (SSSR count). The van der Waals surface area contributed by atoms with Gasteiger partial charge in [0.05, 0.1) is 18.7 Å². The molecule has 0 saturated carbocycles. The van der Waals surface area contributed by atoms with E-state index in [1.54, 1.807) is 25.1 Å². The molecule has 2 bridgehead atoms. The topological polar surface area (TPSA) is 99.0 Å². The van der Waals surface area contributed by atoms with E-state index in [-0.39, 0.29) is 16.0 Å². The van der Waals surface area contributed by atoms with Gasteiger partial charge in [0, 0.05) is 16.8 Å². The first-order chi connectivity index (χ1) is 15.4. The van der Waals surface area contributed by atoms with Crippen molar-refractivity contribution in [1.82, 2.24) is 4.57 Å². The molecule has 2 aromatic carbocycles. The monoisotopic (exact) mass is 447 g/mol. The van der Waals surface area contributed by atoms with Crippen LogP contribution in [-0.4, -0.2) is 29.3 Å². The Labute approximate surface area is 185 Å². The van der Waals surface area contributed by atoms with Crippen LogP contribution in [0.4, 0.5) is 5.69 Å². The zero-order valence-corrected chi connectivity index (χ0v) is 17.9. The zero-order valence-electron chi connectivity index (χ0n) is 17.1. The van der Waals surface area contributed by atoms with E-state index in [0.717, 1.165) is 11.3 Å². The highest BCUT2D eigenvalue weighted by Crippen LogP contribution is 2.47. The van der Waals surface area contributed by atoms with Gasteiger partial charge in [0.25, 0.3) is 11.5 Å². The Kier molecular flexibility index (Phi) is 3.80. The fourth-order valence-corrected chi connectivity index (χ4v) is 6.02. The summed E-state index contributed by atoms with van der Waals surface area (Å²) in [4.78, 5) is 44.5. The average Bonchev–Trinajstić information content (AvgIpc) is 3.27. The lowest BCUT2D eigenvalue weighted by Gasteiger charge is -2.44. The zero-order chi connectivity index (χ0) is 22.2. The number of rotatable bonds is 1. The number of amides is 1. The smallest absolute Gasteiger partial charge is 0.317 e. The molecular formula is C23H17N3O5S. The van der Waals surface area contributed by atoms with Crippen LogP contribution in [0.5, 0.6) is 5.75 Å². The number of nitrogens with one attached hydrogen (secondary N) is 1. The Hall–Kier alpha value is -3.72. The number of nitrogens with zero attached hydrogens (tertiary/aromatic N) is 2. The number of para-hydroxylation sites is 2. The van der Waals surface area contributed by atoms with Crippen LogP contribution in [0, 0.1) is 5.92 Å². The van der Waals surface area contributed by atoms with E-state index >= 15 is 0 Å². The van der Waals surface area contributed by atoms with E-state index in [1.807, 2.05) is 30.3 Å². The van der Waals surface area contributed by atoms with E-state index in [1.165, 1.54) is 11.7 Å². The number of thiazole rings is 1. The Morgan fingerprint density at radius 3 is 2.75 bits per heavy atom. The second-order valence-corrected chi connectivity index (χ2v) is 8.99. The molecular weight excluding hydrogens is 430 g/mol. The number of methoxy groups -OCH3 is 1. The van der Waals surface area contributed by atoms with Gasteiger partial charge in [-0.05, 0) is 19.1 Å². The number of aromatic nitrogens is 1. The van der Waals surface area contributed by atoms with Crippen LogP contribution < -0.4 is 24.9 Å². The van der Waals surface area contributed by atoms with Gasteiger partial charge >= 0.3 is 5.97 Å². The van der Waals surface area contributed by atoms with Crippen molar-refractivity contribution in [1.29, 1.82) is 0 Å². The van der Waals surface area contributed by atoms with Crippen molar-refractivity contribution in [2.45, 2.75) is 18.7 Å². The molecule has 0 radical (unpaired) electrons. The van der Waals surface area contributed by atoms with E-state index < -0.39 is 23.7 Å². The summed E-state index contributed by atoms with van der Waals surface area (Å²) >= 11 is 1.13. The summed E-state index contributed by atoms with van der Waals surface area (Å²) in [6, 6.07) is 13.9. The number of esters is 1. The number of benzene rings is 2. The average molecular weight is 447 g/mol. The first kappa shape index (κ1) is 19.0. The van der Waals surface area contributed by atoms with Crippen LogP contribution in [0.1, 0.15) is 24.1 Å². The highest BCUT2D eigenvalue weighted by molar-refractivity contribution is 7.07. The molecule has 0 aliphatic carbocycles. The lowest BCUT2D eigenvalue weighted by molar-refractivity contribution is -0.158. The van der Waals surface area contributed by atoms with Crippen molar-refractivity contribution in [2.75, 3.05) is 12.4 Å². The summed E-state index contributed by atoms with van der Waals surface area (Å²) in [6.45, 7) is 1.72. The molecule has 0 fully saturated rings. The maximum absolute atomic E-state index is 13.7. The van der Waals surface area contributed by atoms with Crippen molar-refractivity contribution in [2.24, 2.45) is 10.9 Å². The van der Waals surface area contributed by atoms with Gasteiger partial charge in [-0.25, -0.2) is 4.99 Å². The first-order valence-electron chi connectivity index (χ1n) is 10.0. The minimum Gasteiger partial charge on any atom is -0.469 e. The predicted molar refractivity (Wildman–Crippen MR) is 116 cm³/mol. The summed E-state index contributed by atoms with van der Waals surface area (Å²) in [5, 5.41) is 2.81. The summed E-state index contributed by atoms with van der Waals surface area (Å²) in [7, 11) is 1.31. The third kappa shape index (κ3) is 2.36. The van der Waals surface area contributed by atoms with E-state index in [4.69, 9.17) is 14.5 Å².